The van der Waals surface area contributed by atoms with E-state index in [1.165, 1.54) is 25.7 Å². The van der Waals surface area contributed by atoms with Gasteiger partial charge in [-0.05, 0) is 55.7 Å². The van der Waals surface area contributed by atoms with Crippen molar-refractivity contribution in [2.75, 3.05) is 19.6 Å². The highest BCUT2D eigenvalue weighted by atomic mass is 15.6. The number of hydrogen-bond acceptors (Lipinski definition) is 5. The Bertz CT molecular complexity index is 380. The molecule has 6 heteroatoms. The highest BCUT2D eigenvalue weighted by Gasteiger charge is 2.29. The summed E-state index contributed by atoms with van der Waals surface area (Å²) in [6, 6.07) is 1.25. The molecule has 1 aromatic heterocycles. The van der Waals surface area contributed by atoms with Crippen LogP contribution >= 0.6 is 0 Å². The summed E-state index contributed by atoms with van der Waals surface area (Å²) in [5.41, 5.74) is 0. The first-order valence-corrected chi connectivity index (χ1v) is 7.10. The highest BCUT2D eigenvalue weighted by Crippen LogP contribution is 2.34. The van der Waals surface area contributed by atoms with E-state index in [4.69, 9.17) is 0 Å². The van der Waals surface area contributed by atoms with Crippen molar-refractivity contribution in [3.8, 4) is 0 Å². The molecule has 2 fully saturated rings. The summed E-state index contributed by atoms with van der Waals surface area (Å²) in [5.74, 6) is 1.04. The van der Waals surface area contributed by atoms with Crippen LogP contribution in [-0.2, 0) is 6.54 Å². The standard InChI is InChI=1S/C12H22N6/c1-2-17(10-5-7-13-8-6-10)9-12-14-15-16-18(12)11-3-4-11/h10-11,13H,2-9H2,1H3. The van der Waals surface area contributed by atoms with Crippen LogP contribution in [0.25, 0.3) is 0 Å². The van der Waals surface area contributed by atoms with Gasteiger partial charge in [-0.1, -0.05) is 6.92 Å². The third-order valence-corrected chi connectivity index (χ3v) is 4.03. The molecule has 1 saturated heterocycles. The molecular formula is C12H22N6. The van der Waals surface area contributed by atoms with Gasteiger partial charge in [0, 0.05) is 6.04 Å². The van der Waals surface area contributed by atoms with Gasteiger partial charge in [0.15, 0.2) is 5.82 Å². The monoisotopic (exact) mass is 250 g/mol. The summed E-state index contributed by atoms with van der Waals surface area (Å²) in [5, 5.41) is 15.6. The van der Waals surface area contributed by atoms with Crippen molar-refractivity contribution >= 4 is 0 Å². The van der Waals surface area contributed by atoms with E-state index in [9.17, 15) is 0 Å². The number of hydrogen-bond donors (Lipinski definition) is 1. The summed E-state index contributed by atoms with van der Waals surface area (Å²) >= 11 is 0. The van der Waals surface area contributed by atoms with Gasteiger partial charge in [0.2, 0.25) is 0 Å². The van der Waals surface area contributed by atoms with Crippen molar-refractivity contribution in [1.82, 2.24) is 30.4 Å². The predicted molar refractivity (Wildman–Crippen MR) is 68.1 cm³/mol. The van der Waals surface area contributed by atoms with Crippen LogP contribution in [0.5, 0.6) is 0 Å². The Labute approximate surface area is 108 Å². The molecule has 0 atom stereocenters. The molecule has 0 radical (unpaired) electrons. The van der Waals surface area contributed by atoms with Crippen LogP contribution in [0, 0.1) is 0 Å². The molecule has 0 bridgehead atoms. The van der Waals surface area contributed by atoms with E-state index >= 15 is 0 Å². The molecule has 1 saturated carbocycles. The normalized spacial score (nSPS) is 21.7. The third kappa shape index (κ3) is 2.54. The van der Waals surface area contributed by atoms with Gasteiger partial charge in [-0.3, -0.25) is 4.90 Å². The summed E-state index contributed by atoms with van der Waals surface area (Å²) in [6.07, 6.45) is 4.94. The topological polar surface area (TPSA) is 58.9 Å². The number of tetrazole rings is 1. The lowest BCUT2D eigenvalue weighted by Gasteiger charge is -2.33. The lowest BCUT2D eigenvalue weighted by molar-refractivity contribution is 0.156. The molecule has 0 amide bonds. The fourth-order valence-corrected chi connectivity index (χ4v) is 2.77. The fraction of sp³-hybridized carbons (Fsp3) is 0.917. The maximum Gasteiger partial charge on any atom is 0.165 e. The SMILES string of the molecule is CCN(Cc1nnnn1C1CC1)C1CCNCC1. The zero-order chi connectivity index (χ0) is 12.4. The molecule has 0 unspecified atom stereocenters. The zero-order valence-corrected chi connectivity index (χ0v) is 11.0. The van der Waals surface area contributed by atoms with Crippen molar-refractivity contribution < 1.29 is 0 Å². The molecule has 2 heterocycles. The Hall–Kier alpha value is -1.01. The summed E-state index contributed by atoms with van der Waals surface area (Å²) in [6.45, 7) is 6.46. The van der Waals surface area contributed by atoms with Gasteiger partial charge < -0.3 is 5.32 Å². The van der Waals surface area contributed by atoms with Crippen molar-refractivity contribution in [3.05, 3.63) is 5.82 Å². The van der Waals surface area contributed by atoms with Gasteiger partial charge >= 0.3 is 0 Å². The van der Waals surface area contributed by atoms with E-state index in [1.54, 1.807) is 0 Å². The van der Waals surface area contributed by atoms with Crippen LogP contribution in [-0.4, -0.2) is 50.8 Å². The number of rotatable bonds is 5. The molecule has 0 spiro atoms. The van der Waals surface area contributed by atoms with Gasteiger partial charge in [0.05, 0.1) is 12.6 Å². The number of piperidine rings is 1. The maximum absolute atomic E-state index is 4.20. The second-order valence-corrected chi connectivity index (χ2v) is 5.32. The predicted octanol–water partition coefficient (Wildman–Crippen LogP) is 0.582. The quantitative estimate of drug-likeness (QED) is 0.828. The summed E-state index contributed by atoms with van der Waals surface area (Å²) < 4.78 is 2.03. The van der Waals surface area contributed by atoms with Gasteiger partial charge in [-0.25, -0.2) is 4.68 Å². The maximum atomic E-state index is 4.20. The molecule has 2 aliphatic rings. The molecular weight excluding hydrogens is 228 g/mol. The smallest absolute Gasteiger partial charge is 0.165 e. The Morgan fingerprint density at radius 2 is 2.06 bits per heavy atom. The second-order valence-electron chi connectivity index (χ2n) is 5.32. The lowest BCUT2D eigenvalue weighted by atomic mass is 10.0. The zero-order valence-electron chi connectivity index (χ0n) is 11.0. The van der Waals surface area contributed by atoms with E-state index in [0.29, 0.717) is 12.1 Å². The first kappa shape index (κ1) is 12.0. The molecule has 100 valence electrons. The van der Waals surface area contributed by atoms with Crippen molar-refractivity contribution in [1.29, 1.82) is 0 Å². The van der Waals surface area contributed by atoms with Gasteiger partial charge in [-0.15, -0.1) is 5.10 Å². The van der Waals surface area contributed by atoms with Crippen LogP contribution in [0.2, 0.25) is 0 Å². The van der Waals surface area contributed by atoms with Crippen molar-refractivity contribution in [2.45, 2.75) is 51.2 Å². The van der Waals surface area contributed by atoms with Crippen LogP contribution in [0.15, 0.2) is 0 Å². The van der Waals surface area contributed by atoms with E-state index in [1.807, 2.05) is 4.68 Å². The van der Waals surface area contributed by atoms with Gasteiger partial charge in [0.1, 0.15) is 0 Å². The molecule has 1 aliphatic carbocycles. The summed E-state index contributed by atoms with van der Waals surface area (Å²) in [7, 11) is 0. The minimum Gasteiger partial charge on any atom is -0.317 e. The first-order valence-electron chi connectivity index (χ1n) is 7.10. The van der Waals surface area contributed by atoms with Gasteiger partial charge in [0.25, 0.3) is 0 Å². The Balaban J connectivity index is 1.66. The minimum absolute atomic E-state index is 0.571. The molecule has 6 nitrogen and oxygen atoms in total. The Kier molecular flexibility index (Phi) is 3.56. The Morgan fingerprint density at radius 3 is 2.72 bits per heavy atom. The van der Waals surface area contributed by atoms with E-state index < -0.39 is 0 Å². The van der Waals surface area contributed by atoms with Gasteiger partial charge in [-0.2, -0.15) is 0 Å². The highest BCUT2D eigenvalue weighted by molar-refractivity contribution is 4.91. The average molecular weight is 250 g/mol. The molecule has 1 aliphatic heterocycles. The molecule has 1 aromatic rings. The van der Waals surface area contributed by atoms with E-state index in [2.05, 4.69) is 32.7 Å². The lowest BCUT2D eigenvalue weighted by Crippen LogP contribution is -2.43. The molecule has 1 N–H and O–H groups in total. The number of nitrogens with one attached hydrogen (secondary N) is 1. The van der Waals surface area contributed by atoms with E-state index in [0.717, 1.165) is 32.0 Å². The van der Waals surface area contributed by atoms with Crippen LogP contribution in [0.3, 0.4) is 0 Å². The Morgan fingerprint density at radius 1 is 1.28 bits per heavy atom. The van der Waals surface area contributed by atoms with Crippen LogP contribution < -0.4 is 5.32 Å². The minimum atomic E-state index is 0.571. The fourth-order valence-electron chi connectivity index (χ4n) is 2.77. The third-order valence-electron chi connectivity index (χ3n) is 4.03. The molecule has 3 rings (SSSR count). The van der Waals surface area contributed by atoms with Crippen molar-refractivity contribution in [3.63, 3.8) is 0 Å². The number of aromatic nitrogens is 4. The van der Waals surface area contributed by atoms with E-state index in [-0.39, 0.29) is 0 Å². The van der Waals surface area contributed by atoms with Crippen molar-refractivity contribution in [2.24, 2.45) is 0 Å². The largest absolute Gasteiger partial charge is 0.317 e. The van der Waals surface area contributed by atoms with Crippen LogP contribution in [0.4, 0.5) is 0 Å². The first-order chi connectivity index (χ1) is 8.88. The second kappa shape index (κ2) is 5.32. The number of nitrogens with zero attached hydrogens (tertiary/aromatic N) is 5. The van der Waals surface area contributed by atoms with Crippen LogP contribution in [0.1, 0.15) is 44.5 Å². The average Bonchev–Trinajstić information content (AvgIpc) is 3.17. The summed E-state index contributed by atoms with van der Waals surface area (Å²) in [4.78, 5) is 2.52. The molecule has 18 heavy (non-hydrogen) atoms. The molecule has 0 aromatic carbocycles.